The van der Waals surface area contributed by atoms with Gasteiger partial charge in [-0.15, -0.1) is 0 Å². The maximum atomic E-state index is 12.3. The summed E-state index contributed by atoms with van der Waals surface area (Å²) in [5.74, 6) is -2.32. The quantitative estimate of drug-likeness (QED) is 0.129. The van der Waals surface area contributed by atoms with Gasteiger partial charge in [0.2, 0.25) is 0 Å². The van der Waals surface area contributed by atoms with E-state index < -0.39 is 28.0 Å². The molecule has 1 aromatic heterocycles. The average molecular weight is 692 g/mol. The van der Waals surface area contributed by atoms with E-state index >= 15 is 0 Å². The first-order valence-electron chi connectivity index (χ1n) is 14.8. The number of nitrogens with zero attached hydrogens (tertiary/aromatic N) is 2. The number of carbonyl (C=O) groups excluding carboxylic acids is 1. The minimum Gasteiger partial charge on any atom is -0.478 e. The number of hydrogen-bond acceptors (Lipinski definition) is 7. The summed E-state index contributed by atoms with van der Waals surface area (Å²) in [7, 11) is -3.94. The Hall–Kier alpha value is -5.24. The number of carboxylic acid groups (broad SMARTS) is 2. The topological polar surface area (TPSA) is 194 Å². The van der Waals surface area contributed by atoms with E-state index in [0.717, 1.165) is 27.8 Å². The predicted molar refractivity (Wildman–Crippen MR) is 182 cm³/mol. The Labute approximate surface area is 282 Å². The highest BCUT2D eigenvalue weighted by atomic mass is 35.5. The Balaban J connectivity index is 0.000000274. The predicted octanol–water partition coefficient (Wildman–Crippen LogP) is 5.32. The fraction of sp³-hybridized carbons (Fsp3) is 0.176. The molecule has 0 bridgehead atoms. The lowest BCUT2D eigenvalue weighted by molar-refractivity contribution is 0.0694. The summed E-state index contributed by atoms with van der Waals surface area (Å²) in [5, 5.41) is 20.8. The first-order chi connectivity index (χ1) is 22.9. The molecule has 0 atom stereocenters. The molecule has 6 N–H and O–H groups in total. The van der Waals surface area contributed by atoms with Crippen LogP contribution in [0.4, 0.5) is 4.79 Å². The van der Waals surface area contributed by atoms with E-state index in [4.69, 9.17) is 27.5 Å². The van der Waals surface area contributed by atoms with Crippen molar-refractivity contribution >= 4 is 50.6 Å². The number of aromatic carboxylic acids is 2. The molecule has 2 amide bonds. The number of nitrogens with two attached hydrogens (primary N) is 1. The van der Waals surface area contributed by atoms with Gasteiger partial charge in [-0.05, 0) is 84.5 Å². The molecule has 5 aromatic rings. The molecule has 0 unspecified atom stereocenters. The van der Waals surface area contributed by atoms with Crippen LogP contribution < -0.4 is 15.8 Å². The van der Waals surface area contributed by atoms with Crippen LogP contribution in [0.5, 0.6) is 0 Å². The first-order valence-corrected chi connectivity index (χ1v) is 16.6. The smallest absolute Gasteiger partial charge is 0.336 e. The fourth-order valence-corrected chi connectivity index (χ4v) is 6.11. The van der Waals surface area contributed by atoms with Crippen molar-refractivity contribution in [2.24, 2.45) is 5.73 Å². The molecule has 0 aliphatic heterocycles. The first kappa shape index (κ1) is 35.6. The Morgan fingerprint density at radius 2 is 1.58 bits per heavy atom. The number of aromatic nitrogens is 2. The molecule has 1 heterocycles. The third-order valence-corrected chi connectivity index (χ3v) is 9.23. The van der Waals surface area contributed by atoms with Crippen LogP contribution in [-0.4, -0.2) is 52.7 Å². The number of amides is 2. The van der Waals surface area contributed by atoms with Crippen molar-refractivity contribution in [3.8, 4) is 5.69 Å². The number of imidazole rings is 1. The van der Waals surface area contributed by atoms with Gasteiger partial charge in [-0.1, -0.05) is 54.9 Å². The van der Waals surface area contributed by atoms with E-state index in [2.05, 4.69) is 10.3 Å². The number of halogens is 1. The van der Waals surface area contributed by atoms with E-state index in [1.807, 2.05) is 57.8 Å². The van der Waals surface area contributed by atoms with Crippen molar-refractivity contribution in [1.82, 2.24) is 19.6 Å². The Morgan fingerprint density at radius 3 is 2.19 bits per heavy atom. The molecule has 0 spiro atoms. The van der Waals surface area contributed by atoms with Crippen LogP contribution in [0, 0.1) is 6.92 Å². The van der Waals surface area contributed by atoms with Crippen molar-refractivity contribution in [2.75, 3.05) is 6.54 Å². The fourth-order valence-electron chi connectivity index (χ4n) is 4.98. The van der Waals surface area contributed by atoms with Crippen LogP contribution in [0.15, 0.2) is 90.1 Å². The highest BCUT2D eigenvalue weighted by Gasteiger charge is 2.22. The zero-order chi connectivity index (χ0) is 35.0. The van der Waals surface area contributed by atoms with Crippen LogP contribution in [0.3, 0.4) is 0 Å². The maximum Gasteiger partial charge on any atom is 0.336 e. The van der Waals surface area contributed by atoms with Crippen molar-refractivity contribution in [2.45, 2.75) is 38.1 Å². The third-order valence-electron chi connectivity index (χ3n) is 7.49. The zero-order valence-corrected chi connectivity index (χ0v) is 27.7. The SMILES string of the molecule is CCc1c(C(=O)O)cc(Cl)c(C)c1C(=O)O.NCc1ccc(S(=O)(=O)NC(=O)NCCc2ccc(-n3cnc4ccccc43)cc2)cc1. The minimum atomic E-state index is -3.94. The molecule has 0 aliphatic rings. The second-order valence-electron chi connectivity index (χ2n) is 10.6. The van der Waals surface area contributed by atoms with Crippen molar-refractivity contribution in [3.63, 3.8) is 0 Å². The normalized spacial score (nSPS) is 11.0. The molecule has 12 nitrogen and oxygen atoms in total. The summed E-state index contributed by atoms with van der Waals surface area (Å²) in [4.78, 5) is 38.5. The summed E-state index contributed by atoms with van der Waals surface area (Å²) >= 11 is 5.81. The van der Waals surface area contributed by atoms with Gasteiger partial charge in [0, 0.05) is 23.8 Å². The summed E-state index contributed by atoms with van der Waals surface area (Å²) in [5.41, 5.74) is 10.9. The molecule has 0 saturated heterocycles. The Bertz CT molecular complexity index is 2060. The van der Waals surface area contributed by atoms with Crippen molar-refractivity contribution in [1.29, 1.82) is 0 Å². The van der Waals surface area contributed by atoms with E-state index in [9.17, 15) is 22.8 Å². The molecular weight excluding hydrogens is 658 g/mol. The number of nitrogens with one attached hydrogen (secondary N) is 2. The van der Waals surface area contributed by atoms with Gasteiger partial charge in [-0.25, -0.2) is 32.5 Å². The van der Waals surface area contributed by atoms with Crippen LogP contribution >= 0.6 is 11.6 Å². The van der Waals surface area contributed by atoms with Gasteiger partial charge in [-0.3, -0.25) is 4.57 Å². The molecular formula is C34H34ClN5O7S. The molecule has 0 fully saturated rings. The lowest BCUT2D eigenvalue weighted by Crippen LogP contribution is -2.40. The van der Waals surface area contributed by atoms with Crippen molar-refractivity contribution < 1.29 is 33.0 Å². The second-order valence-corrected chi connectivity index (χ2v) is 12.7. The maximum absolute atomic E-state index is 12.3. The van der Waals surface area contributed by atoms with Gasteiger partial charge in [-0.2, -0.15) is 0 Å². The summed E-state index contributed by atoms with van der Waals surface area (Å²) in [6, 6.07) is 22.4. The highest BCUT2D eigenvalue weighted by molar-refractivity contribution is 7.90. The van der Waals surface area contributed by atoms with E-state index in [1.54, 1.807) is 32.3 Å². The number of fused-ring (bicyclic) bond motifs is 1. The lowest BCUT2D eigenvalue weighted by atomic mass is 9.94. The Kier molecular flexibility index (Phi) is 11.5. The van der Waals surface area contributed by atoms with E-state index in [1.165, 1.54) is 18.2 Å². The Morgan fingerprint density at radius 1 is 0.938 bits per heavy atom. The number of hydrogen-bond donors (Lipinski definition) is 5. The molecule has 250 valence electrons. The van der Waals surface area contributed by atoms with E-state index in [0.29, 0.717) is 37.1 Å². The monoisotopic (exact) mass is 691 g/mol. The number of para-hydroxylation sites is 2. The van der Waals surface area contributed by atoms with Crippen LogP contribution in [-0.2, 0) is 29.4 Å². The van der Waals surface area contributed by atoms with Gasteiger partial charge in [0.05, 0.1) is 27.1 Å². The van der Waals surface area contributed by atoms with Crippen LogP contribution in [0.2, 0.25) is 5.02 Å². The van der Waals surface area contributed by atoms with E-state index in [-0.39, 0.29) is 21.0 Å². The number of urea groups is 1. The zero-order valence-electron chi connectivity index (χ0n) is 26.1. The standard InChI is InChI=1S/C23H23N5O3S.C11H11ClO4/c24-15-18-7-11-20(12-8-18)32(30,31)27-23(29)25-14-13-17-5-9-19(10-6-17)28-16-26-21-3-1-2-4-22(21)28;1-3-6-7(10(13)14)4-8(12)5(2)9(6)11(15)16/h1-12,16H,13-15,24H2,(H2,25,27,29);4H,3H2,1-2H3,(H,13,14)(H,15,16). The van der Waals surface area contributed by atoms with Gasteiger partial charge in [0.1, 0.15) is 6.33 Å². The number of carboxylic acids is 2. The molecule has 48 heavy (non-hydrogen) atoms. The van der Waals surface area contributed by atoms with Gasteiger partial charge < -0.3 is 21.3 Å². The largest absolute Gasteiger partial charge is 0.478 e. The second kappa shape index (κ2) is 15.6. The molecule has 0 aliphatic carbocycles. The third kappa shape index (κ3) is 8.37. The van der Waals surface area contributed by atoms with Crippen LogP contribution in [0.1, 0.15) is 49.9 Å². The van der Waals surface area contributed by atoms with Gasteiger partial charge in [0.15, 0.2) is 0 Å². The summed E-state index contributed by atoms with van der Waals surface area (Å²) < 4.78 is 28.6. The molecule has 4 aromatic carbocycles. The molecule has 0 radical (unpaired) electrons. The van der Waals surface area contributed by atoms with Gasteiger partial charge in [0.25, 0.3) is 10.0 Å². The summed E-state index contributed by atoms with van der Waals surface area (Å²) in [6.45, 7) is 3.88. The van der Waals surface area contributed by atoms with Gasteiger partial charge >= 0.3 is 18.0 Å². The number of rotatable bonds is 10. The lowest BCUT2D eigenvalue weighted by Gasteiger charge is -2.12. The average Bonchev–Trinajstić information content (AvgIpc) is 3.50. The minimum absolute atomic E-state index is 0.00691. The summed E-state index contributed by atoms with van der Waals surface area (Å²) in [6.07, 6.45) is 2.68. The number of carbonyl (C=O) groups is 3. The molecule has 5 rings (SSSR count). The molecule has 0 saturated carbocycles. The highest BCUT2D eigenvalue weighted by Crippen LogP contribution is 2.27. The number of sulfonamides is 1. The number of benzene rings is 4. The molecule has 14 heteroatoms. The van der Waals surface area contributed by atoms with Crippen molar-refractivity contribution in [3.05, 3.63) is 124 Å². The van der Waals surface area contributed by atoms with Crippen LogP contribution in [0.25, 0.3) is 16.7 Å².